The van der Waals surface area contributed by atoms with Gasteiger partial charge in [-0.05, 0) is 79.0 Å². The number of amides is 1. The molecular formula is C38H26N8O12S2. The van der Waals surface area contributed by atoms with E-state index in [4.69, 9.17) is 5.26 Å². The molecule has 60 heavy (non-hydrogen) atoms. The summed E-state index contributed by atoms with van der Waals surface area (Å²) in [6, 6.07) is 23.5. The van der Waals surface area contributed by atoms with Crippen molar-refractivity contribution in [3.8, 4) is 5.75 Å². The van der Waals surface area contributed by atoms with E-state index in [1.807, 2.05) is 0 Å². The smallest absolute Gasteiger partial charge is 0.335 e. The number of hydrogen-bond acceptors (Lipinski definition) is 17. The Morgan fingerprint density at radius 1 is 0.767 bits per heavy atom. The van der Waals surface area contributed by atoms with Crippen LogP contribution in [-0.4, -0.2) is 63.1 Å². The molecule has 1 unspecified atom stereocenters. The number of hydrazone groups is 1. The lowest BCUT2D eigenvalue weighted by molar-refractivity contribution is -0.432. The first-order valence-electron chi connectivity index (χ1n) is 17.0. The van der Waals surface area contributed by atoms with Gasteiger partial charge in [0.15, 0.2) is 11.8 Å². The van der Waals surface area contributed by atoms with Gasteiger partial charge in [0.05, 0.1) is 67.1 Å². The monoisotopic (exact) mass is 850 g/mol. The predicted molar refractivity (Wildman–Crippen MR) is 214 cm³/mol. The molecule has 0 saturated heterocycles. The number of carboxylic acids is 2. The SMILES string of the molecule is CC1=NN(c2cccc(S(=O)(=O)O)c2)C(=O)C1N=Nc1ccc2cc(SOOO)c(N=Nc3ccc(N=Nc4cc(C(=O)O)cc(C(=O)O)c4)c4ccccc34)c(O)c2c1. The van der Waals surface area contributed by atoms with E-state index in [1.54, 1.807) is 54.6 Å². The molecule has 1 aliphatic rings. The summed E-state index contributed by atoms with van der Waals surface area (Å²) >= 11 is 0.528. The molecular weight excluding hydrogens is 825 g/mol. The van der Waals surface area contributed by atoms with Gasteiger partial charge < -0.3 is 15.3 Å². The van der Waals surface area contributed by atoms with Crippen LogP contribution in [0.15, 0.2) is 149 Å². The maximum absolute atomic E-state index is 13.3. The van der Waals surface area contributed by atoms with Crippen LogP contribution >= 0.6 is 12.0 Å². The van der Waals surface area contributed by atoms with E-state index in [0.717, 1.165) is 23.2 Å². The lowest BCUT2D eigenvalue weighted by Gasteiger charge is -2.13. The number of rotatable bonds is 13. The molecule has 6 aromatic rings. The van der Waals surface area contributed by atoms with Crippen molar-refractivity contribution in [2.45, 2.75) is 22.8 Å². The van der Waals surface area contributed by atoms with Crippen LogP contribution in [-0.2, 0) is 24.3 Å². The minimum atomic E-state index is -4.54. The lowest BCUT2D eigenvalue weighted by atomic mass is 10.1. The minimum Gasteiger partial charge on any atom is -0.505 e. The van der Waals surface area contributed by atoms with E-state index >= 15 is 0 Å². The second kappa shape index (κ2) is 16.9. The number of benzene rings is 6. The predicted octanol–water partition coefficient (Wildman–Crippen LogP) is 9.48. The summed E-state index contributed by atoms with van der Waals surface area (Å²) in [7, 11) is -4.54. The summed E-state index contributed by atoms with van der Waals surface area (Å²) in [5.41, 5.74) is 0.552. The topological polar surface area (TPSA) is 295 Å². The summed E-state index contributed by atoms with van der Waals surface area (Å²) < 4.78 is 37.4. The fourth-order valence-electron chi connectivity index (χ4n) is 5.95. The van der Waals surface area contributed by atoms with Gasteiger partial charge in [0, 0.05) is 16.2 Å². The number of nitrogens with zero attached hydrogens (tertiary/aromatic N) is 8. The van der Waals surface area contributed by atoms with Gasteiger partial charge in [0.25, 0.3) is 16.0 Å². The van der Waals surface area contributed by atoms with Crippen LogP contribution in [0, 0.1) is 0 Å². The molecule has 0 saturated carbocycles. The van der Waals surface area contributed by atoms with Crippen molar-refractivity contribution in [2.24, 2.45) is 35.8 Å². The molecule has 0 fully saturated rings. The first kappa shape index (κ1) is 40.8. The van der Waals surface area contributed by atoms with Gasteiger partial charge >= 0.3 is 11.9 Å². The summed E-state index contributed by atoms with van der Waals surface area (Å²) in [6.45, 7) is 1.54. The average Bonchev–Trinajstić information content (AvgIpc) is 3.52. The number of fused-ring (bicyclic) bond motifs is 2. The van der Waals surface area contributed by atoms with Gasteiger partial charge in [-0.25, -0.2) is 14.8 Å². The Balaban J connectivity index is 1.19. The molecule has 5 N–H and O–H groups in total. The van der Waals surface area contributed by atoms with Crippen molar-refractivity contribution in [3.63, 3.8) is 0 Å². The molecule has 0 radical (unpaired) electrons. The largest absolute Gasteiger partial charge is 0.505 e. The lowest BCUT2D eigenvalue weighted by Crippen LogP contribution is -2.29. The third-order valence-corrected chi connectivity index (χ3v) is 10.2. The zero-order chi connectivity index (χ0) is 42.7. The minimum absolute atomic E-state index is 0.000462. The zero-order valence-electron chi connectivity index (χ0n) is 30.4. The van der Waals surface area contributed by atoms with Crippen molar-refractivity contribution in [3.05, 3.63) is 114 Å². The van der Waals surface area contributed by atoms with Crippen molar-refractivity contribution in [1.82, 2.24) is 0 Å². The quantitative estimate of drug-likeness (QED) is 0.0238. The molecule has 0 spiro atoms. The number of carbonyl (C=O) groups is 3. The van der Waals surface area contributed by atoms with E-state index < -0.39 is 38.9 Å². The van der Waals surface area contributed by atoms with Gasteiger partial charge in [0.2, 0.25) is 0 Å². The first-order valence-corrected chi connectivity index (χ1v) is 19.2. The fourth-order valence-corrected chi connectivity index (χ4v) is 6.97. The van der Waals surface area contributed by atoms with Crippen LogP contribution < -0.4 is 5.01 Å². The van der Waals surface area contributed by atoms with Gasteiger partial charge in [-0.1, -0.05) is 41.4 Å². The molecule has 6 aromatic carbocycles. The molecule has 1 amide bonds. The van der Waals surface area contributed by atoms with Crippen molar-refractivity contribution in [2.75, 3.05) is 5.01 Å². The Labute approximate surface area is 341 Å². The normalized spacial score (nSPS) is 14.7. The number of hydrogen-bond donors (Lipinski definition) is 5. The Kier molecular flexibility index (Phi) is 11.5. The molecule has 302 valence electrons. The Hall–Kier alpha value is -7.34. The van der Waals surface area contributed by atoms with Gasteiger partial charge in [-0.2, -0.15) is 33.9 Å². The molecule has 20 nitrogen and oxygen atoms in total. The maximum atomic E-state index is 13.3. The second-order valence-electron chi connectivity index (χ2n) is 12.6. The van der Waals surface area contributed by atoms with Crippen molar-refractivity contribution >= 4 is 101 Å². The third-order valence-electron chi connectivity index (χ3n) is 8.76. The number of phenolic OH excluding ortho intramolecular Hbond substituents is 1. The summed E-state index contributed by atoms with van der Waals surface area (Å²) in [6.07, 6.45) is 0. The highest BCUT2D eigenvalue weighted by molar-refractivity contribution is 7.94. The van der Waals surface area contributed by atoms with Crippen LogP contribution in [0.5, 0.6) is 5.75 Å². The second-order valence-corrected chi connectivity index (χ2v) is 14.8. The summed E-state index contributed by atoms with van der Waals surface area (Å²) in [5, 5.41) is 75.4. The fraction of sp³-hybridized carbons (Fsp3) is 0.0526. The van der Waals surface area contributed by atoms with Gasteiger partial charge in [-0.3, -0.25) is 9.35 Å². The number of aromatic hydroxyl groups is 1. The van der Waals surface area contributed by atoms with Crippen molar-refractivity contribution < 1.29 is 57.3 Å². The molecule has 0 bridgehead atoms. The highest BCUT2D eigenvalue weighted by atomic mass is 32.2. The number of anilines is 1. The van der Waals surface area contributed by atoms with E-state index in [2.05, 4.69) is 45.2 Å². The van der Waals surface area contributed by atoms with E-state index in [1.165, 1.54) is 37.3 Å². The first-order chi connectivity index (χ1) is 28.7. The number of phenols is 1. The molecule has 0 aliphatic carbocycles. The number of carboxylic acid groups (broad SMARTS) is 2. The molecule has 1 atom stereocenters. The van der Waals surface area contributed by atoms with Crippen molar-refractivity contribution in [1.29, 1.82) is 0 Å². The van der Waals surface area contributed by atoms with Gasteiger partial charge in [0.1, 0.15) is 5.69 Å². The molecule has 0 aromatic heterocycles. The van der Waals surface area contributed by atoms with Crippen LogP contribution in [0.4, 0.5) is 34.1 Å². The average molecular weight is 851 g/mol. The van der Waals surface area contributed by atoms with Gasteiger partial charge in [-0.15, -0.1) is 19.7 Å². The van der Waals surface area contributed by atoms with Crippen LogP contribution in [0.3, 0.4) is 0 Å². The molecule has 1 aliphatic heterocycles. The van der Waals surface area contributed by atoms with E-state index in [0.29, 0.717) is 39.6 Å². The van der Waals surface area contributed by atoms with E-state index in [-0.39, 0.29) is 55.6 Å². The molecule has 7 rings (SSSR count). The van der Waals surface area contributed by atoms with Crippen LogP contribution in [0.2, 0.25) is 0 Å². The summed E-state index contributed by atoms with van der Waals surface area (Å²) in [5.74, 6) is -3.68. The van der Waals surface area contributed by atoms with Crippen LogP contribution in [0.1, 0.15) is 27.6 Å². The van der Waals surface area contributed by atoms with Crippen LogP contribution in [0.25, 0.3) is 21.5 Å². The molecule has 22 heteroatoms. The highest BCUT2D eigenvalue weighted by Crippen LogP contribution is 2.45. The Morgan fingerprint density at radius 2 is 1.43 bits per heavy atom. The third kappa shape index (κ3) is 8.58. The summed E-state index contributed by atoms with van der Waals surface area (Å²) in [4.78, 5) is 36.1. The maximum Gasteiger partial charge on any atom is 0.335 e. The number of aromatic carboxylic acids is 2. The van der Waals surface area contributed by atoms with E-state index in [9.17, 15) is 42.7 Å². The Morgan fingerprint density at radius 3 is 2.07 bits per heavy atom. The Bertz CT molecular complexity index is 2960. The highest BCUT2D eigenvalue weighted by Gasteiger charge is 2.35. The standard InChI is InChI=1S/C38H26N8O12S2/c1-19-33(36(48)46(45-19)25-5-4-6-26(18-25)60(54,55)56)43-39-23-10-9-20-16-32(59-58-57-53)34(35(47)29(20)17-23)44-42-31-12-11-30(27-7-2-3-8-28(27)31)41-40-24-14-21(37(49)50)13-22(15-24)38(51)52/h2-18,33,47,53H,1H3,(H,49,50)(H,51,52)(H,54,55,56). The number of carbonyl (C=O) groups excluding carboxylic acids is 1. The molecule has 1 heterocycles. The zero-order valence-corrected chi connectivity index (χ0v) is 32.0. The number of azo groups is 3.